The molecule has 1 unspecified atom stereocenters. The van der Waals surface area contributed by atoms with Gasteiger partial charge in [-0.15, -0.1) is 0 Å². The maximum absolute atomic E-state index is 5.69. The van der Waals surface area contributed by atoms with E-state index in [1.54, 1.807) is 6.26 Å². The first-order valence-electron chi connectivity index (χ1n) is 9.27. The van der Waals surface area contributed by atoms with E-state index in [1.165, 1.54) is 11.1 Å². The van der Waals surface area contributed by atoms with Crippen LogP contribution in [0.25, 0.3) is 0 Å². The van der Waals surface area contributed by atoms with Crippen LogP contribution in [0.1, 0.15) is 43.1 Å². The van der Waals surface area contributed by atoms with Crippen molar-refractivity contribution in [3.8, 4) is 5.75 Å². The number of nitrogens with one attached hydrogen (secondary N) is 1. The molecule has 0 bridgehead atoms. The van der Waals surface area contributed by atoms with Crippen molar-refractivity contribution in [3.63, 3.8) is 0 Å². The summed E-state index contributed by atoms with van der Waals surface area (Å²) in [6, 6.07) is 22.9. The zero-order chi connectivity index (χ0) is 18.2. The molecule has 3 heteroatoms. The third-order valence-corrected chi connectivity index (χ3v) is 4.32. The molecule has 0 amide bonds. The number of benzene rings is 2. The van der Waals surface area contributed by atoms with Crippen LogP contribution in [0.3, 0.4) is 0 Å². The molecule has 26 heavy (non-hydrogen) atoms. The van der Waals surface area contributed by atoms with Crippen LogP contribution in [0, 0.1) is 0 Å². The Morgan fingerprint density at radius 1 is 0.923 bits per heavy atom. The van der Waals surface area contributed by atoms with Crippen molar-refractivity contribution in [1.82, 2.24) is 5.32 Å². The van der Waals surface area contributed by atoms with Gasteiger partial charge in [0.2, 0.25) is 0 Å². The van der Waals surface area contributed by atoms with Crippen LogP contribution in [0.5, 0.6) is 5.75 Å². The van der Waals surface area contributed by atoms with Crippen LogP contribution in [0.4, 0.5) is 0 Å². The molecule has 136 valence electrons. The lowest BCUT2D eigenvalue weighted by Crippen LogP contribution is -2.17. The maximum atomic E-state index is 5.69. The summed E-state index contributed by atoms with van der Waals surface area (Å²) in [6.07, 6.45) is 2.95. The van der Waals surface area contributed by atoms with E-state index < -0.39 is 0 Å². The van der Waals surface area contributed by atoms with Gasteiger partial charge in [-0.25, -0.2) is 0 Å². The number of hydrogen-bond acceptors (Lipinski definition) is 3. The molecule has 0 aliphatic heterocycles. The van der Waals surface area contributed by atoms with Gasteiger partial charge in [0.25, 0.3) is 0 Å². The lowest BCUT2D eigenvalue weighted by molar-refractivity contribution is 0.242. The Morgan fingerprint density at radius 3 is 2.35 bits per heavy atom. The molecular weight excluding hydrogens is 322 g/mol. The first-order valence-corrected chi connectivity index (χ1v) is 9.27. The predicted octanol–water partition coefficient (Wildman–Crippen LogP) is 5.38. The van der Waals surface area contributed by atoms with Gasteiger partial charge >= 0.3 is 0 Å². The molecule has 2 aromatic carbocycles. The average molecular weight is 349 g/mol. The largest absolute Gasteiger partial charge is 0.491 e. The smallest absolute Gasteiger partial charge is 0.119 e. The highest BCUT2D eigenvalue weighted by molar-refractivity contribution is 5.28. The fourth-order valence-corrected chi connectivity index (χ4v) is 3.09. The lowest BCUT2D eigenvalue weighted by Gasteiger charge is -2.16. The van der Waals surface area contributed by atoms with Crippen LogP contribution in [0.15, 0.2) is 77.4 Å². The molecule has 1 atom stereocenters. The quantitative estimate of drug-likeness (QED) is 0.527. The Labute approximate surface area is 156 Å². The third-order valence-electron chi connectivity index (χ3n) is 4.32. The van der Waals surface area contributed by atoms with Gasteiger partial charge in [-0.3, -0.25) is 0 Å². The summed E-state index contributed by atoms with van der Waals surface area (Å²) in [6.45, 7) is 5.85. The molecule has 1 aromatic heterocycles. The third kappa shape index (κ3) is 5.24. The van der Waals surface area contributed by atoms with Crippen LogP contribution in [-0.4, -0.2) is 12.6 Å². The van der Waals surface area contributed by atoms with Gasteiger partial charge in [0.15, 0.2) is 0 Å². The first-order chi connectivity index (χ1) is 12.7. The number of ether oxygens (including phenoxy) is 1. The zero-order valence-corrected chi connectivity index (χ0v) is 15.5. The Morgan fingerprint density at radius 2 is 1.69 bits per heavy atom. The molecule has 0 aliphatic rings. The van der Waals surface area contributed by atoms with Crippen molar-refractivity contribution >= 4 is 0 Å². The molecule has 0 saturated heterocycles. The monoisotopic (exact) mass is 349 g/mol. The molecule has 1 heterocycles. The predicted molar refractivity (Wildman–Crippen MR) is 106 cm³/mol. The summed E-state index contributed by atoms with van der Waals surface area (Å²) < 4.78 is 11.4. The van der Waals surface area contributed by atoms with Crippen molar-refractivity contribution in [1.29, 1.82) is 0 Å². The van der Waals surface area contributed by atoms with Crippen LogP contribution < -0.4 is 10.1 Å². The van der Waals surface area contributed by atoms with Gasteiger partial charge in [-0.2, -0.15) is 0 Å². The molecule has 3 rings (SSSR count). The standard InChI is InChI=1S/C23H27NO2/c1-18(2)26-21-12-10-19(11-13-21)17-24-15-14-22(23-9-6-16-25-23)20-7-4-3-5-8-20/h3-13,16,18,22,24H,14-15,17H2,1-2H3. The van der Waals surface area contributed by atoms with Crippen LogP contribution in [-0.2, 0) is 6.54 Å². The van der Waals surface area contributed by atoms with Gasteiger partial charge in [0, 0.05) is 12.5 Å². The Balaban J connectivity index is 1.52. The minimum absolute atomic E-state index is 0.204. The first kappa shape index (κ1) is 18.3. The van der Waals surface area contributed by atoms with E-state index >= 15 is 0 Å². The summed E-state index contributed by atoms with van der Waals surface area (Å²) in [5.41, 5.74) is 2.55. The van der Waals surface area contributed by atoms with E-state index in [4.69, 9.17) is 9.15 Å². The van der Waals surface area contributed by atoms with Gasteiger partial charge in [0.05, 0.1) is 12.4 Å². The van der Waals surface area contributed by atoms with E-state index in [9.17, 15) is 0 Å². The summed E-state index contributed by atoms with van der Waals surface area (Å²) in [5.74, 6) is 2.22. The van der Waals surface area contributed by atoms with Crippen molar-refractivity contribution in [2.75, 3.05) is 6.54 Å². The van der Waals surface area contributed by atoms with Crippen molar-refractivity contribution in [3.05, 3.63) is 89.9 Å². The Bertz CT molecular complexity index is 749. The number of rotatable bonds is 9. The summed E-state index contributed by atoms with van der Waals surface area (Å²) >= 11 is 0. The summed E-state index contributed by atoms with van der Waals surface area (Å²) in [4.78, 5) is 0. The Hall–Kier alpha value is -2.52. The fourth-order valence-electron chi connectivity index (χ4n) is 3.09. The summed E-state index contributed by atoms with van der Waals surface area (Å²) in [7, 11) is 0. The van der Waals surface area contributed by atoms with Crippen molar-refractivity contribution in [2.24, 2.45) is 0 Å². The minimum atomic E-state index is 0.204. The second-order valence-electron chi connectivity index (χ2n) is 6.75. The zero-order valence-electron chi connectivity index (χ0n) is 15.5. The molecule has 1 N–H and O–H groups in total. The molecule has 0 saturated carbocycles. The molecule has 0 radical (unpaired) electrons. The maximum Gasteiger partial charge on any atom is 0.119 e. The molecular formula is C23H27NO2. The van der Waals surface area contributed by atoms with E-state index in [0.29, 0.717) is 0 Å². The van der Waals surface area contributed by atoms with Gasteiger partial charge < -0.3 is 14.5 Å². The van der Waals surface area contributed by atoms with Gasteiger partial charge in [-0.05, 0) is 62.2 Å². The normalized spacial score (nSPS) is 12.3. The van der Waals surface area contributed by atoms with Crippen LogP contribution >= 0.6 is 0 Å². The van der Waals surface area contributed by atoms with E-state index in [-0.39, 0.29) is 12.0 Å². The highest BCUT2D eigenvalue weighted by atomic mass is 16.5. The van der Waals surface area contributed by atoms with E-state index in [1.807, 2.05) is 38.1 Å². The molecule has 0 spiro atoms. The second-order valence-corrected chi connectivity index (χ2v) is 6.75. The van der Waals surface area contributed by atoms with Crippen LogP contribution in [0.2, 0.25) is 0 Å². The summed E-state index contributed by atoms with van der Waals surface area (Å²) in [5, 5.41) is 3.54. The minimum Gasteiger partial charge on any atom is -0.491 e. The topological polar surface area (TPSA) is 34.4 Å². The van der Waals surface area contributed by atoms with Crippen molar-refractivity contribution < 1.29 is 9.15 Å². The second kappa shape index (κ2) is 9.25. The molecule has 0 aliphatic carbocycles. The van der Waals surface area contributed by atoms with Gasteiger partial charge in [-0.1, -0.05) is 42.5 Å². The van der Waals surface area contributed by atoms with E-state index in [0.717, 1.165) is 31.0 Å². The fraction of sp³-hybridized carbons (Fsp3) is 0.304. The SMILES string of the molecule is CC(C)Oc1ccc(CNCCC(c2ccccc2)c2ccco2)cc1. The highest BCUT2D eigenvalue weighted by Gasteiger charge is 2.16. The molecule has 0 fully saturated rings. The van der Waals surface area contributed by atoms with Crippen molar-refractivity contribution in [2.45, 2.75) is 38.8 Å². The molecule has 3 nitrogen and oxygen atoms in total. The number of furan rings is 1. The lowest BCUT2D eigenvalue weighted by atomic mass is 9.93. The highest BCUT2D eigenvalue weighted by Crippen LogP contribution is 2.27. The average Bonchev–Trinajstić information content (AvgIpc) is 3.18. The van der Waals surface area contributed by atoms with Gasteiger partial charge in [0.1, 0.15) is 11.5 Å². The Kier molecular flexibility index (Phi) is 6.50. The molecule has 3 aromatic rings. The van der Waals surface area contributed by atoms with E-state index in [2.05, 4.69) is 47.8 Å². The number of hydrogen-bond donors (Lipinski definition) is 1.